The summed E-state index contributed by atoms with van der Waals surface area (Å²) in [5, 5.41) is 14.6. The number of aromatic nitrogens is 1. The van der Waals surface area contributed by atoms with Gasteiger partial charge in [0.15, 0.2) is 0 Å². The lowest BCUT2D eigenvalue weighted by atomic mass is 9.68. The van der Waals surface area contributed by atoms with E-state index >= 15 is 0 Å². The maximum Gasteiger partial charge on any atom is 0.220 e. The fourth-order valence-corrected chi connectivity index (χ4v) is 4.65. The number of ether oxygens (including phenoxy) is 1. The zero-order valence-corrected chi connectivity index (χ0v) is 14.8. The molecule has 134 valence electrons. The molecule has 3 heterocycles. The Kier molecular flexibility index (Phi) is 3.96. The number of fused-ring (bicyclic) bond motifs is 4. The van der Waals surface area contributed by atoms with Crippen LogP contribution in [-0.4, -0.2) is 54.2 Å². The highest BCUT2D eigenvalue weighted by Crippen LogP contribution is 2.48. The van der Waals surface area contributed by atoms with Crippen LogP contribution in [0.5, 0.6) is 5.75 Å². The van der Waals surface area contributed by atoms with Crippen LogP contribution in [0.1, 0.15) is 37.1 Å². The van der Waals surface area contributed by atoms with Crippen LogP contribution in [0.2, 0.25) is 0 Å². The van der Waals surface area contributed by atoms with Crippen LogP contribution in [0.25, 0.3) is 10.9 Å². The van der Waals surface area contributed by atoms with Crippen LogP contribution < -0.4 is 10.1 Å². The van der Waals surface area contributed by atoms with E-state index in [4.69, 9.17) is 4.74 Å². The number of carbonyl (C=O) groups excluding carboxylic acids is 1. The summed E-state index contributed by atoms with van der Waals surface area (Å²) in [6, 6.07) is 5.77. The number of hydrogen-bond acceptors (Lipinski definition) is 4. The lowest BCUT2D eigenvalue weighted by Gasteiger charge is -2.48. The Bertz CT molecular complexity index is 808. The second-order valence-corrected chi connectivity index (χ2v) is 7.20. The van der Waals surface area contributed by atoms with Crippen molar-refractivity contribution in [1.82, 2.24) is 15.2 Å². The van der Waals surface area contributed by atoms with Crippen molar-refractivity contribution >= 4 is 16.8 Å². The molecule has 2 aromatic rings. The Labute approximate surface area is 147 Å². The minimum Gasteiger partial charge on any atom is -0.497 e. The zero-order chi connectivity index (χ0) is 17.6. The van der Waals surface area contributed by atoms with Gasteiger partial charge < -0.3 is 25.0 Å². The summed E-state index contributed by atoms with van der Waals surface area (Å²) in [6.45, 7) is 4.07. The highest BCUT2D eigenvalue weighted by Gasteiger charge is 2.47. The minimum atomic E-state index is -0.314. The number of aromatic amines is 1. The molecule has 1 amide bonds. The summed E-state index contributed by atoms with van der Waals surface area (Å²) in [5.74, 6) is 0.813. The topological polar surface area (TPSA) is 77.6 Å². The van der Waals surface area contributed by atoms with E-state index in [-0.39, 0.29) is 24.0 Å². The van der Waals surface area contributed by atoms with Crippen molar-refractivity contribution < 1.29 is 14.6 Å². The first kappa shape index (κ1) is 16.4. The fourth-order valence-electron chi connectivity index (χ4n) is 4.65. The quantitative estimate of drug-likeness (QED) is 0.775. The van der Waals surface area contributed by atoms with Crippen LogP contribution in [0, 0.1) is 0 Å². The Hall–Kier alpha value is -2.05. The molecule has 1 spiro atoms. The molecule has 6 nitrogen and oxygen atoms in total. The summed E-state index contributed by atoms with van der Waals surface area (Å²) in [6.07, 6.45) is 1.97. The number of hydrogen-bond donors (Lipinski definition) is 3. The second kappa shape index (κ2) is 6.04. The lowest BCUT2D eigenvalue weighted by Crippen LogP contribution is -2.54. The SMILES string of the molecule is COc1ccc2c3c([nH]c2c1)[C@H](CO)N(C(C)=O)CC31CCNCC1. The van der Waals surface area contributed by atoms with Gasteiger partial charge in [-0.1, -0.05) is 0 Å². The number of amides is 1. The molecule has 0 bridgehead atoms. The number of aliphatic hydroxyl groups is 1. The van der Waals surface area contributed by atoms with Gasteiger partial charge in [0.2, 0.25) is 5.91 Å². The van der Waals surface area contributed by atoms with Gasteiger partial charge in [-0.25, -0.2) is 0 Å². The molecule has 1 aromatic heterocycles. The number of methoxy groups -OCH3 is 1. The van der Waals surface area contributed by atoms with Crippen LogP contribution in [0.15, 0.2) is 18.2 Å². The van der Waals surface area contributed by atoms with Crippen LogP contribution in [0.3, 0.4) is 0 Å². The van der Waals surface area contributed by atoms with Gasteiger partial charge in [-0.3, -0.25) is 4.79 Å². The Morgan fingerprint density at radius 1 is 1.40 bits per heavy atom. The normalized spacial score (nSPS) is 22.2. The summed E-state index contributed by atoms with van der Waals surface area (Å²) in [7, 11) is 1.66. The number of H-pyrrole nitrogens is 1. The number of aliphatic hydroxyl groups excluding tert-OH is 1. The standard InChI is InChI=1S/C19H25N3O3/c1-12(24)22-11-19(5-7-20-8-6-19)17-14-4-3-13(25-2)9-15(14)21-18(17)16(22)10-23/h3-4,9,16,20-21,23H,5-8,10-11H2,1-2H3/t16-/m0/s1. The maximum atomic E-state index is 12.3. The van der Waals surface area contributed by atoms with E-state index < -0.39 is 0 Å². The molecule has 1 aromatic carbocycles. The van der Waals surface area contributed by atoms with Crippen molar-refractivity contribution in [1.29, 1.82) is 0 Å². The van der Waals surface area contributed by atoms with Gasteiger partial charge in [0.25, 0.3) is 0 Å². The molecule has 1 atom stereocenters. The Morgan fingerprint density at radius 2 is 2.16 bits per heavy atom. The molecule has 1 fully saturated rings. The molecule has 6 heteroatoms. The average Bonchev–Trinajstić information content (AvgIpc) is 3.01. The molecule has 4 rings (SSSR count). The number of nitrogens with one attached hydrogen (secondary N) is 2. The summed E-state index contributed by atoms with van der Waals surface area (Å²) < 4.78 is 5.36. The Balaban J connectivity index is 1.96. The fraction of sp³-hybridized carbons (Fsp3) is 0.526. The third-order valence-electron chi connectivity index (χ3n) is 5.89. The largest absolute Gasteiger partial charge is 0.497 e. The zero-order valence-electron chi connectivity index (χ0n) is 14.8. The Morgan fingerprint density at radius 3 is 2.80 bits per heavy atom. The van der Waals surface area contributed by atoms with E-state index in [1.54, 1.807) is 14.0 Å². The summed E-state index contributed by atoms with van der Waals surface area (Å²) in [5.41, 5.74) is 3.20. The molecule has 3 N–H and O–H groups in total. The number of carbonyl (C=O) groups is 1. The predicted molar refractivity (Wildman–Crippen MR) is 95.8 cm³/mol. The molecule has 2 aliphatic heterocycles. The highest BCUT2D eigenvalue weighted by molar-refractivity contribution is 5.88. The molecule has 0 radical (unpaired) electrons. The van der Waals surface area contributed by atoms with Crippen molar-refractivity contribution in [2.75, 3.05) is 33.4 Å². The summed E-state index contributed by atoms with van der Waals surface area (Å²) >= 11 is 0. The first-order chi connectivity index (χ1) is 12.1. The van der Waals surface area contributed by atoms with Crippen molar-refractivity contribution in [3.8, 4) is 5.75 Å². The van der Waals surface area contributed by atoms with Crippen molar-refractivity contribution in [2.45, 2.75) is 31.2 Å². The third kappa shape index (κ3) is 2.43. The third-order valence-corrected chi connectivity index (χ3v) is 5.89. The van der Waals surface area contributed by atoms with Gasteiger partial charge in [0.1, 0.15) is 5.75 Å². The number of piperidine rings is 1. The highest BCUT2D eigenvalue weighted by atomic mass is 16.5. The van der Waals surface area contributed by atoms with E-state index in [1.165, 1.54) is 10.9 Å². The summed E-state index contributed by atoms with van der Waals surface area (Å²) in [4.78, 5) is 17.6. The number of benzene rings is 1. The predicted octanol–water partition coefficient (Wildman–Crippen LogP) is 1.69. The van der Waals surface area contributed by atoms with Gasteiger partial charge in [-0.2, -0.15) is 0 Å². The van der Waals surface area contributed by atoms with E-state index in [2.05, 4.69) is 16.4 Å². The molecule has 0 saturated carbocycles. The number of rotatable bonds is 2. The lowest BCUT2D eigenvalue weighted by molar-refractivity contribution is -0.134. The van der Waals surface area contributed by atoms with Crippen LogP contribution >= 0.6 is 0 Å². The van der Waals surface area contributed by atoms with E-state index in [0.29, 0.717) is 6.54 Å². The second-order valence-electron chi connectivity index (χ2n) is 7.20. The van der Waals surface area contributed by atoms with Crippen molar-refractivity contribution in [2.24, 2.45) is 0 Å². The first-order valence-corrected chi connectivity index (χ1v) is 8.88. The van der Waals surface area contributed by atoms with Crippen LogP contribution in [0.4, 0.5) is 0 Å². The molecule has 0 unspecified atom stereocenters. The smallest absolute Gasteiger partial charge is 0.220 e. The molecular weight excluding hydrogens is 318 g/mol. The van der Waals surface area contributed by atoms with Gasteiger partial charge in [-0.05, 0) is 43.6 Å². The minimum absolute atomic E-state index is 0.0128. The first-order valence-electron chi connectivity index (χ1n) is 8.88. The van der Waals surface area contributed by atoms with E-state index in [9.17, 15) is 9.90 Å². The van der Waals surface area contributed by atoms with Gasteiger partial charge in [0, 0.05) is 41.5 Å². The monoisotopic (exact) mass is 343 g/mol. The van der Waals surface area contributed by atoms with Crippen LogP contribution in [-0.2, 0) is 10.2 Å². The molecule has 2 aliphatic rings. The van der Waals surface area contributed by atoms with E-state index in [1.807, 2.05) is 17.0 Å². The van der Waals surface area contributed by atoms with Gasteiger partial charge >= 0.3 is 0 Å². The number of nitrogens with zero attached hydrogens (tertiary/aromatic N) is 1. The molecular formula is C19H25N3O3. The average molecular weight is 343 g/mol. The van der Waals surface area contributed by atoms with Crippen molar-refractivity contribution in [3.63, 3.8) is 0 Å². The molecule has 0 aliphatic carbocycles. The van der Waals surface area contributed by atoms with E-state index in [0.717, 1.165) is 42.9 Å². The van der Waals surface area contributed by atoms with Crippen molar-refractivity contribution in [3.05, 3.63) is 29.5 Å². The van der Waals surface area contributed by atoms with Gasteiger partial charge in [-0.15, -0.1) is 0 Å². The molecule has 25 heavy (non-hydrogen) atoms. The van der Waals surface area contributed by atoms with Gasteiger partial charge in [0.05, 0.1) is 19.8 Å². The molecule has 1 saturated heterocycles. The maximum absolute atomic E-state index is 12.3.